The van der Waals surface area contributed by atoms with Crippen molar-refractivity contribution >= 4 is 5.97 Å². The molecule has 0 aliphatic rings. The van der Waals surface area contributed by atoms with E-state index >= 15 is 0 Å². The number of carboxylic acids is 1. The van der Waals surface area contributed by atoms with Gasteiger partial charge in [-0.1, -0.05) is 41.5 Å². The van der Waals surface area contributed by atoms with Crippen LogP contribution in [0.5, 0.6) is 0 Å². The van der Waals surface area contributed by atoms with Gasteiger partial charge < -0.3 is 5.11 Å². The molecule has 6 heteroatoms. The topological polar surface area (TPSA) is 80.9 Å². The maximum atomic E-state index is 11.1. The summed E-state index contributed by atoms with van der Waals surface area (Å²) in [6, 6.07) is -0.263. The molecule has 1 heterocycles. The molecule has 0 aromatic carbocycles. The van der Waals surface area contributed by atoms with Crippen LogP contribution in [-0.4, -0.2) is 31.3 Å². The van der Waals surface area contributed by atoms with Gasteiger partial charge in [0.1, 0.15) is 0 Å². The van der Waals surface area contributed by atoms with E-state index in [1.807, 2.05) is 20.8 Å². The predicted molar refractivity (Wildman–Crippen MR) is 71.9 cm³/mol. The predicted octanol–water partition coefficient (Wildman–Crippen LogP) is 2.42. The normalized spacial score (nSPS) is 14.4. The van der Waals surface area contributed by atoms with Crippen LogP contribution in [0.3, 0.4) is 0 Å². The number of nitrogens with zero attached hydrogens (tertiary/aromatic N) is 4. The van der Waals surface area contributed by atoms with Crippen molar-refractivity contribution in [2.45, 2.75) is 65.8 Å². The molecule has 0 spiro atoms. The number of aromatic nitrogens is 4. The molecule has 1 aromatic rings. The first-order valence-electron chi connectivity index (χ1n) is 6.59. The molecule has 0 amide bonds. The average molecular weight is 268 g/mol. The van der Waals surface area contributed by atoms with Crippen LogP contribution in [0.1, 0.15) is 66.3 Å². The maximum Gasteiger partial charge on any atom is 0.305 e. The molecular formula is C13H24N4O2. The Hall–Kier alpha value is -1.46. The molecule has 6 nitrogen and oxygen atoms in total. The summed E-state index contributed by atoms with van der Waals surface area (Å²) in [6.07, 6.45) is 0.901. The van der Waals surface area contributed by atoms with Crippen molar-refractivity contribution in [2.75, 3.05) is 0 Å². The van der Waals surface area contributed by atoms with Crippen molar-refractivity contribution in [1.82, 2.24) is 20.2 Å². The van der Waals surface area contributed by atoms with Crippen molar-refractivity contribution < 1.29 is 9.90 Å². The van der Waals surface area contributed by atoms with Crippen molar-refractivity contribution in [3.05, 3.63) is 5.82 Å². The third kappa shape index (κ3) is 3.52. The van der Waals surface area contributed by atoms with E-state index in [4.69, 9.17) is 5.11 Å². The number of carbonyl (C=O) groups is 1. The average Bonchev–Trinajstić information content (AvgIpc) is 2.73. The summed E-state index contributed by atoms with van der Waals surface area (Å²) in [5.41, 5.74) is -0.405. The Labute approximate surface area is 114 Å². The van der Waals surface area contributed by atoms with Gasteiger partial charge in [0.2, 0.25) is 0 Å². The highest BCUT2D eigenvalue weighted by Crippen LogP contribution is 2.36. The van der Waals surface area contributed by atoms with E-state index in [0.717, 1.165) is 12.2 Å². The number of tetrazole rings is 1. The van der Waals surface area contributed by atoms with Crippen LogP contribution in [0.15, 0.2) is 0 Å². The number of carboxylic acid groups (broad SMARTS) is 1. The summed E-state index contributed by atoms with van der Waals surface area (Å²) < 4.78 is 1.69. The first kappa shape index (κ1) is 15.6. The lowest BCUT2D eigenvalue weighted by atomic mass is 9.83. The van der Waals surface area contributed by atoms with E-state index in [2.05, 4.69) is 36.3 Å². The second kappa shape index (κ2) is 5.27. The van der Waals surface area contributed by atoms with Gasteiger partial charge in [0.15, 0.2) is 5.82 Å². The molecule has 1 rings (SSSR count). The minimum absolute atomic E-state index is 0.0152. The van der Waals surface area contributed by atoms with Crippen molar-refractivity contribution in [3.63, 3.8) is 0 Å². The highest BCUT2D eigenvalue weighted by atomic mass is 16.4. The molecule has 108 valence electrons. The largest absolute Gasteiger partial charge is 0.481 e. The zero-order valence-corrected chi connectivity index (χ0v) is 12.6. The smallest absolute Gasteiger partial charge is 0.305 e. The Morgan fingerprint density at radius 3 is 2.32 bits per heavy atom. The summed E-state index contributed by atoms with van der Waals surface area (Å²) in [4.78, 5) is 11.1. The monoisotopic (exact) mass is 268 g/mol. The molecular weight excluding hydrogens is 244 g/mol. The lowest BCUT2D eigenvalue weighted by Gasteiger charge is -2.32. The molecule has 1 N–H and O–H groups in total. The molecule has 0 fully saturated rings. The van der Waals surface area contributed by atoms with Gasteiger partial charge in [-0.05, 0) is 22.3 Å². The first-order chi connectivity index (χ1) is 8.59. The van der Waals surface area contributed by atoms with E-state index < -0.39 is 5.97 Å². The fourth-order valence-corrected chi connectivity index (χ4v) is 1.93. The van der Waals surface area contributed by atoms with Crippen molar-refractivity contribution in [2.24, 2.45) is 5.41 Å². The summed E-state index contributed by atoms with van der Waals surface area (Å²) in [5.74, 6) is -0.0909. The number of rotatable bonds is 5. The summed E-state index contributed by atoms with van der Waals surface area (Å²) >= 11 is 0. The van der Waals surface area contributed by atoms with Crippen LogP contribution in [0.2, 0.25) is 0 Å². The van der Waals surface area contributed by atoms with E-state index in [1.165, 1.54) is 0 Å². The third-order valence-corrected chi connectivity index (χ3v) is 3.64. The van der Waals surface area contributed by atoms with Crippen molar-refractivity contribution in [3.8, 4) is 0 Å². The van der Waals surface area contributed by atoms with E-state index in [-0.39, 0.29) is 23.3 Å². The third-order valence-electron chi connectivity index (χ3n) is 3.64. The van der Waals surface area contributed by atoms with E-state index in [9.17, 15) is 4.79 Å². The Morgan fingerprint density at radius 1 is 1.32 bits per heavy atom. The van der Waals surface area contributed by atoms with Gasteiger partial charge in [-0.2, -0.15) is 0 Å². The van der Waals surface area contributed by atoms with Crippen LogP contribution >= 0.6 is 0 Å². The highest BCUT2D eigenvalue weighted by molar-refractivity contribution is 5.67. The molecule has 0 saturated carbocycles. The van der Waals surface area contributed by atoms with Crippen LogP contribution in [0.4, 0.5) is 0 Å². The van der Waals surface area contributed by atoms with Gasteiger partial charge in [0, 0.05) is 5.41 Å². The van der Waals surface area contributed by atoms with Crippen LogP contribution in [-0.2, 0) is 10.2 Å². The zero-order chi connectivity index (χ0) is 14.8. The van der Waals surface area contributed by atoms with Gasteiger partial charge in [-0.15, -0.1) is 5.10 Å². The van der Waals surface area contributed by atoms with E-state index in [0.29, 0.717) is 0 Å². The van der Waals surface area contributed by atoms with Gasteiger partial charge in [0.05, 0.1) is 12.5 Å². The molecule has 0 aliphatic heterocycles. The lowest BCUT2D eigenvalue weighted by molar-refractivity contribution is -0.139. The van der Waals surface area contributed by atoms with Gasteiger partial charge in [-0.25, -0.2) is 4.68 Å². The van der Waals surface area contributed by atoms with Crippen LogP contribution < -0.4 is 0 Å². The highest BCUT2D eigenvalue weighted by Gasteiger charge is 2.35. The van der Waals surface area contributed by atoms with Crippen LogP contribution in [0.25, 0.3) is 0 Å². The first-order valence-corrected chi connectivity index (χ1v) is 6.59. The molecule has 1 aromatic heterocycles. The number of hydrogen-bond donors (Lipinski definition) is 1. The lowest BCUT2D eigenvalue weighted by Crippen LogP contribution is -2.33. The quantitative estimate of drug-likeness (QED) is 0.887. The van der Waals surface area contributed by atoms with Gasteiger partial charge in [-0.3, -0.25) is 4.79 Å². The minimum atomic E-state index is -0.837. The Balaban J connectivity index is 3.25. The van der Waals surface area contributed by atoms with Crippen molar-refractivity contribution in [1.29, 1.82) is 0 Å². The van der Waals surface area contributed by atoms with E-state index in [1.54, 1.807) is 4.68 Å². The molecule has 1 unspecified atom stereocenters. The molecule has 1 atom stereocenters. The molecule has 0 bridgehead atoms. The fourth-order valence-electron chi connectivity index (χ4n) is 1.93. The number of hydrogen-bond acceptors (Lipinski definition) is 4. The Bertz CT molecular complexity index is 446. The maximum absolute atomic E-state index is 11.1. The van der Waals surface area contributed by atoms with Gasteiger partial charge >= 0.3 is 5.97 Å². The zero-order valence-electron chi connectivity index (χ0n) is 12.6. The number of aliphatic carboxylic acids is 1. The SMILES string of the molecule is CCC(C)(C)c1nnnn1C(CC(=O)O)C(C)(C)C. The Kier molecular flexibility index (Phi) is 4.32. The molecule has 19 heavy (non-hydrogen) atoms. The summed E-state index contributed by atoms with van der Waals surface area (Å²) in [6.45, 7) is 12.2. The summed E-state index contributed by atoms with van der Waals surface area (Å²) in [7, 11) is 0. The standard InChI is InChI=1S/C13H24N4O2/c1-7-13(5,6)11-14-15-16-17(11)9(8-10(18)19)12(2,3)4/h9H,7-8H2,1-6H3,(H,18,19). The molecule has 0 aliphatic carbocycles. The minimum Gasteiger partial charge on any atom is -0.481 e. The Morgan fingerprint density at radius 2 is 1.89 bits per heavy atom. The second-order valence-corrected chi connectivity index (χ2v) is 6.66. The molecule has 0 radical (unpaired) electrons. The van der Waals surface area contributed by atoms with Gasteiger partial charge in [0.25, 0.3) is 0 Å². The molecule has 0 saturated heterocycles. The van der Waals surface area contributed by atoms with Crippen LogP contribution in [0, 0.1) is 5.41 Å². The second-order valence-electron chi connectivity index (χ2n) is 6.66. The fraction of sp³-hybridized carbons (Fsp3) is 0.846. The summed E-state index contributed by atoms with van der Waals surface area (Å²) in [5, 5.41) is 21.0.